The molecular weight excluding hydrogens is 415 g/mol. The summed E-state index contributed by atoms with van der Waals surface area (Å²) in [5.74, 6) is -1.31. The molecule has 0 atom stereocenters. The molecule has 0 radical (unpaired) electrons. The Morgan fingerprint density at radius 3 is 2.19 bits per heavy atom. The van der Waals surface area contributed by atoms with Crippen molar-refractivity contribution < 1.29 is 18.0 Å². The highest BCUT2D eigenvalue weighted by Crippen LogP contribution is 2.27. The van der Waals surface area contributed by atoms with Crippen molar-refractivity contribution in [1.82, 2.24) is 4.98 Å². The summed E-state index contributed by atoms with van der Waals surface area (Å²) in [4.78, 5) is 17.9. The van der Waals surface area contributed by atoms with E-state index in [0.717, 1.165) is 36.9 Å². The van der Waals surface area contributed by atoms with E-state index in [0.29, 0.717) is 17.8 Å². The number of aryl methyl sites for hydroxylation is 1. The normalized spacial score (nSPS) is 13.7. The minimum Gasteiger partial charge on any atom is -0.343 e. The van der Waals surface area contributed by atoms with Crippen LogP contribution in [0.3, 0.4) is 0 Å². The number of hydrogen-bond acceptors (Lipinski definition) is 3. The molecule has 1 aliphatic rings. The van der Waals surface area contributed by atoms with Crippen molar-refractivity contribution in [2.75, 3.05) is 12.4 Å². The minimum absolute atomic E-state index is 0.216. The molecule has 0 spiro atoms. The van der Waals surface area contributed by atoms with E-state index in [2.05, 4.69) is 22.2 Å². The van der Waals surface area contributed by atoms with Gasteiger partial charge in [-0.15, -0.1) is 0 Å². The van der Waals surface area contributed by atoms with Gasteiger partial charge in [-0.25, -0.2) is 9.37 Å². The first kappa shape index (κ1) is 27.3. The third-order valence-electron chi connectivity index (χ3n) is 5.05. The van der Waals surface area contributed by atoms with Gasteiger partial charge in [0.15, 0.2) is 0 Å². The molecule has 2 aromatic rings. The fourth-order valence-electron chi connectivity index (χ4n) is 2.72. The van der Waals surface area contributed by atoms with Crippen molar-refractivity contribution in [3.63, 3.8) is 0 Å². The van der Waals surface area contributed by atoms with E-state index < -0.39 is 5.92 Å². The number of aliphatic imine (C=N–C) groups is 1. The van der Waals surface area contributed by atoms with Crippen molar-refractivity contribution >= 4 is 17.8 Å². The molecule has 1 fully saturated rings. The van der Waals surface area contributed by atoms with Gasteiger partial charge in [-0.05, 0) is 42.7 Å². The minimum atomic E-state index is -2.91. The van der Waals surface area contributed by atoms with Gasteiger partial charge in [-0.1, -0.05) is 45.2 Å². The number of nitrogens with zero attached hydrogens (tertiary/aromatic N) is 2. The van der Waals surface area contributed by atoms with Gasteiger partial charge in [0.1, 0.15) is 23.6 Å². The second-order valence-electron chi connectivity index (χ2n) is 7.90. The number of nitrogens with one attached hydrogen (secondary N) is 1. The van der Waals surface area contributed by atoms with E-state index in [9.17, 15) is 18.0 Å². The van der Waals surface area contributed by atoms with Crippen LogP contribution in [0.25, 0.3) is 0 Å². The number of benzene rings is 1. The predicted molar refractivity (Wildman–Crippen MR) is 125 cm³/mol. The number of aldehydes is 1. The Morgan fingerprint density at radius 1 is 1.22 bits per heavy atom. The number of pyridine rings is 1. The highest BCUT2D eigenvalue weighted by molar-refractivity contribution is 5.95. The molecule has 1 aromatic carbocycles. The standard InChI is InChI=1S/C12H17F2N3.C8H7FO.C5H10/c1-5-11(15-4)17-9-6-7-10(12(3,13)14)16-8(9)2;9-8-3-1-7(2-4-8)5-6-10;1-5-3-2-4-5/h6-7H,5H2,1-4H3,(H,15,17);1-4,6H,5H2;5H,2-4H2,1H3. The van der Waals surface area contributed by atoms with Gasteiger partial charge in [-0.2, -0.15) is 8.78 Å². The molecule has 1 saturated carbocycles. The van der Waals surface area contributed by atoms with Crippen LogP contribution in [0.1, 0.15) is 63.4 Å². The number of alkyl halides is 2. The number of amidine groups is 1. The Morgan fingerprint density at radius 2 is 1.81 bits per heavy atom. The molecule has 0 bridgehead atoms. The lowest BCUT2D eigenvalue weighted by molar-refractivity contribution is -0.107. The van der Waals surface area contributed by atoms with Crippen LogP contribution in [0.2, 0.25) is 0 Å². The highest BCUT2D eigenvalue weighted by Gasteiger charge is 2.26. The molecule has 0 amide bonds. The average Bonchev–Trinajstić information content (AvgIpc) is 2.73. The van der Waals surface area contributed by atoms with Gasteiger partial charge in [0.05, 0.1) is 11.4 Å². The summed E-state index contributed by atoms with van der Waals surface area (Å²) >= 11 is 0. The third-order valence-corrected chi connectivity index (χ3v) is 5.05. The number of aromatic nitrogens is 1. The molecule has 0 aliphatic heterocycles. The van der Waals surface area contributed by atoms with Gasteiger partial charge in [-0.3, -0.25) is 4.99 Å². The number of carbonyl (C=O) groups is 1. The fraction of sp³-hybridized carbons (Fsp3) is 0.480. The SMILES string of the molecule is CC1CCC1.CCC(=NC)Nc1ccc(C(C)(F)F)nc1C.O=CCc1ccc(F)cc1. The van der Waals surface area contributed by atoms with Crippen LogP contribution >= 0.6 is 0 Å². The van der Waals surface area contributed by atoms with E-state index >= 15 is 0 Å². The molecule has 3 rings (SSSR count). The zero-order valence-electron chi connectivity index (χ0n) is 19.6. The van der Waals surface area contributed by atoms with E-state index in [1.807, 2.05) is 6.92 Å². The lowest BCUT2D eigenvalue weighted by Crippen LogP contribution is -2.15. The number of halogens is 3. The second-order valence-corrected chi connectivity index (χ2v) is 7.90. The van der Waals surface area contributed by atoms with E-state index in [1.54, 1.807) is 32.2 Å². The first-order valence-corrected chi connectivity index (χ1v) is 10.9. The molecular formula is C25H34F3N3O. The average molecular weight is 450 g/mol. The van der Waals surface area contributed by atoms with Crippen molar-refractivity contribution in [2.45, 2.75) is 65.7 Å². The zero-order chi connectivity index (χ0) is 24.1. The molecule has 176 valence electrons. The van der Waals surface area contributed by atoms with Crippen LogP contribution in [0.15, 0.2) is 41.4 Å². The molecule has 7 heteroatoms. The summed E-state index contributed by atoms with van der Waals surface area (Å²) in [6.07, 6.45) is 6.37. The second kappa shape index (κ2) is 13.7. The molecule has 0 saturated heterocycles. The van der Waals surface area contributed by atoms with E-state index in [1.165, 1.54) is 37.5 Å². The van der Waals surface area contributed by atoms with Gasteiger partial charge < -0.3 is 10.1 Å². The zero-order valence-corrected chi connectivity index (χ0v) is 19.6. The smallest absolute Gasteiger partial charge is 0.286 e. The van der Waals surface area contributed by atoms with Gasteiger partial charge in [0, 0.05) is 26.8 Å². The third kappa shape index (κ3) is 10.1. The molecule has 32 heavy (non-hydrogen) atoms. The Bertz CT molecular complexity index is 858. The van der Waals surface area contributed by atoms with Crippen molar-refractivity contribution in [2.24, 2.45) is 10.9 Å². The first-order chi connectivity index (χ1) is 15.1. The maximum atomic E-state index is 13.1. The van der Waals surface area contributed by atoms with Crippen LogP contribution in [-0.4, -0.2) is 24.2 Å². The van der Waals surface area contributed by atoms with Gasteiger partial charge in [0.25, 0.3) is 5.92 Å². The van der Waals surface area contributed by atoms with Crippen LogP contribution in [0.4, 0.5) is 18.9 Å². The number of anilines is 1. The Hall–Kier alpha value is -2.70. The van der Waals surface area contributed by atoms with Crippen LogP contribution in [-0.2, 0) is 17.1 Å². The largest absolute Gasteiger partial charge is 0.343 e. The lowest BCUT2D eigenvalue weighted by atomic mass is 9.88. The highest BCUT2D eigenvalue weighted by atomic mass is 19.3. The Balaban J connectivity index is 0.000000284. The summed E-state index contributed by atoms with van der Waals surface area (Å²) in [6.45, 7) is 6.81. The summed E-state index contributed by atoms with van der Waals surface area (Å²) in [5.41, 5.74) is 1.88. The van der Waals surface area contributed by atoms with Crippen LogP contribution in [0.5, 0.6) is 0 Å². The maximum Gasteiger partial charge on any atom is 0.286 e. The quantitative estimate of drug-likeness (QED) is 0.313. The molecule has 1 heterocycles. The predicted octanol–water partition coefficient (Wildman–Crippen LogP) is 6.73. The summed E-state index contributed by atoms with van der Waals surface area (Å²) in [7, 11) is 1.68. The molecule has 0 unspecified atom stereocenters. The first-order valence-electron chi connectivity index (χ1n) is 10.9. The van der Waals surface area contributed by atoms with Crippen LogP contribution < -0.4 is 5.32 Å². The number of carbonyl (C=O) groups excluding carboxylic acids is 1. The van der Waals surface area contributed by atoms with Crippen molar-refractivity contribution in [1.29, 1.82) is 0 Å². The molecule has 1 aromatic heterocycles. The van der Waals surface area contributed by atoms with Gasteiger partial charge >= 0.3 is 0 Å². The molecule has 4 nitrogen and oxygen atoms in total. The van der Waals surface area contributed by atoms with Crippen LogP contribution in [0, 0.1) is 18.7 Å². The maximum absolute atomic E-state index is 13.1. The fourth-order valence-corrected chi connectivity index (χ4v) is 2.72. The van der Waals surface area contributed by atoms with E-state index in [4.69, 9.17) is 0 Å². The summed E-state index contributed by atoms with van der Waals surface area (Å²) in [6, 6.07) is 8.83. The summed E-state index contributed by atoms with van der Waals surface area (Å²) in [5, 5.41) is 3.07. The van der Waals surface area contributed by atoms with E-state index in [-0.39, 0.29) is 11.5 Å². The Labute approximate surface area is 189 Å². The summed E-state index contributed by atoms with van der Waals surface area (Å²) < 4.78 is 38.3. The topological polar surface area (TPSA) is 54.4 Å². The molecule has 1 aliphatic carbocycles. The molecule has 1 N–H and O–H groups in total. The number of hydrogen-bond donors (Lipinski definition) is 1. The lowest BCUT2D eigenvalue weighted by Gasteiger charge is -2.18. The van der Waals surface area contributed by atoms with Gasteiger partial charge in [0.2, 0.25) is 0 Å². The monoisotopic (exact) mass is 449 g/mol. The number of rotatable bonds is 5. The Kier molecular flexibility index (Phi) is 11.7. The van der Waals surface area contributed by atoms with Crippen molar-refractivity contribution in [3.8, 4) is 0 Å². The van der Waals surface area contributed by atoms with Crippen molar-refractivity contribution in [3.05, 3.63) is 59.2 Å².